The molecule has 1 unspecified atom stereocenters. The van der Waals surface area contributed by atoms with Gasteiger partial charge in [-0.3, -0.25) is 4.68 Å². The Hall–Kier alpha value is -1.33. The lowest BCUT2D eigenvalue weighted by Crippen LogP contribution is -2.26. The van der Waals surface area contributed by atoms with Gasteiger partial charge in [-0.1, -0.05) is 13.0 Å². The third-order valence-corrected chi connectivity index (χ3v) is 4.03. The molecule has 0 bridgehead atoms. The lowest BCUT2D eigenvalue weighted by atomic mass is 10.1. The summed E-state index contributed by atoms with van der Waals surface area (Å²) in [6.07, 6.45) is 2.77. The minimum Gasteiger partial charge on any atom is -0.493 e. The standard InChI is InChI=1S/C14H21N3OS/c1-4-15-12(9-11-7-6-8-19-11)14-13(18-3)10-16-17(14)5-2/h6-8,10,12,15H,4-5,9H2,1-3H3. The van der Waals surface area contributed by atoms with Crippen molar-refractivity contribution < 1.29 is 4.74 Å². The van der Waals surface area contributed by atoms with E-state index in [0.717, 1.165) is 31.0 Å². The van der Waals surface area contributed by atoms with E-state index in [4.69, 9.17) is 4.74 Å². The van der Waals surface area contributed by atoms with Crippen LogP contribution in [0.25, 0.3) is 0 Å². The van der Waals surface area contributed by atoms with Gasteiger partial charge in [0.15, 0.2) is 5.75 Å². The van der Waals surface area contributed by atoms with Gasteiger partial charge in [-0.15, -0.1) is 11.3 Å². The largest absolute Gasteiger partial charge is 0.493 e. The number of ether oxygens (including phenoxy) is 1. The zero-order chi connectivity index (χ0) is 13.7. The number of nitrogens with one attached hydrogen (secondary N) is 1. The number of nitrogens with zero attached hydrogens (tertiary/aromatic N) is 2. The van der Waals surface area contributed by atoms with Crippen molar-refractivity contribution in [1.29, 1.82) is 0 Å². The average Bonchev–Trinajstić information content (AvgIpc) is 3.06. The zero-order valence-electron chi connectivity index (χ0n) is 11.7. The van der Waals surface area contributed by atoms with Crippen LogP contribution in [0.15, 0.2) is 23.7 Å². The number of rotatable bonds is 7. The van der Waals surface area contributed by atoms with E-state index in [0.29, 0.717) is 0 Å². The van der Waals surface area contributed by atoms with Gasteiger partial charge < -0.3 is 10.1 Å². The Morgan fingerprint density at radius 2 is 2.32 bits per heavy atom. The summed E-state index contributed by atoms with van der Waals surface area (Å²) in [5, 5.41) is 10.0. The van der Waals surface area contributed by atoms with Gasteiger partial charge in [-0.2, -0.15) is 5.10 Å². The molecule has 0 aliphatic carbocycles. The Kier molecular flexibility index (Phi) is 4.99. The molecule has 5 heteroatoms. The van der Waals surface area contributed by atoms with E-state index >= 15 is 0 Å². The number of methoxy groups -OCH3 is 1. The van der Waals surface area contributed by atoms with Crippen LogP contribution in [0.5, 0.6) is 5.75 Å². The Labute approximate surface area is 118 Å². The molecule has 2 aromatic heterocycles. The highest BCUT2D eigenvalue weighted by Gasteiger charge is 2.21. The van der Waals surface area contributed by atoms with E-state index in [2.05, 4.69) is 41.8 Å². The number of thiophene rings is 1. The van der Waals surface area contributed by atoms with Crippen molar-refractivity contribution in [3.63, 3.8) is 0 Å². The maximum absolute atomic E-state index is 5.45. The van der Waals surface area contributed by atoms with Gasteiger partial charge >= 0.3 is 0 Å². The predicted molar refractivity (Wildman–Crippen MR) is 78.9 cm³/mol. The molecule has 2 aromatic rings. The fraction of sp³-hybridized carbons (Fsp3) is 0.500. The first-order chi connectivity index (χ1) is 9.30. The van der Waals surface area contributed by atoms with E-state index in [1.807, 2.05) is 4.68 Å². The van der Waals surface area contributed by atoms with Crippen molar-refractivity contribution in [2.24, 2.45) is 0 Å². The third-order valence-electron chi connectivity index (χ3n) is 3.13. The highest BCUT2D eigenvalue weighted by Crippen LogP contribution is 2.28. The van der Waals surface area contributed by atoms with Gasteiger partial charge in [-0.05, 0) is 24.9 Å². The maximum atomic E-state index is 5.45. The molecule has 2 heterocycles. The molecule has 1 N–H and O–H groups in total. The number of hydrogen-bond acceptors (Lipinski definition) is 4. The molecule has 19 heavy (non-hydrogen) atoms. The van der Waals surface area contributed by atoms with Crippen molar-refractivity contribution in [1.82, 2.24) is 15.1 Å². The van der Waals surface area contributed by atoms with E-state index in [1.165, 1.54) is 4.88 Å². The normalized spacial score (nSPS) is 12.6. The first kappa shape index (κ1) is 14.1. The topological polar surface area (TPSA) is 39.1 Å². The fourth-order valence-corrected chi connectivity index (χ4v) is 3.03. The second kappa shape index (κ2) is 6.73. The molecule has 0 aliphatic heterocycles. The Balaban J connectivity index is 2.29. The van der Waals surface area contributed by atoms with Gasteiger partial charge in [-0.25, -0.2) is 0 Å². The number of aryl methyl sites for hydroxylation is 1. The van der Waals surface area contributed by atoms with Crippen LogP contribution >= 0.6 is 11.3 Å². The second-order valence-corrected chi connectivity index (χ2v) is 5.34. The molecule has 0 radical (unpaired) electrons. The monoisotopic (exact) mass is 279 g/mol. The van der Waals surface area contributed by atoms with Crippen LogP contribution < -0.4 is 10.1 Å². The van der Waals surface area contributed by atoms with E-state index in [-0.39, 0.29) is 6.04 Å². The van der Waals surface area contributed by atoms with E-state index in [1.54, 1.807) is 24.6 Å². The van der Waals surface area contributed by atoms with Crippen molar-refractivity contribution in [2.75, 3.05) is 13.7 Å². The van der Waals surface area contributed by atoms with E-state index < -0.39 is 0 Å². The molecule has 0 spiro atoms. The third kappa shape index (κ3) is 3.16. The van der Waals surface area contributed by atoms with Crippen LogP contribution in [0.3, 0.4) is 0 Å². The summed E-state index contributed by atoms with van der Waals surface area (Å²) in [4.78, 5) is 1.37. The van der Waals surface area contributed by atoms with Gasteiger partial charge in [0.1, 0.15) is 0 Å². The smallest absolute Gasteiger partial charge is 0.161 e. The lowest BCUT2D eigenvalue weighted by Gasteiger charge is -2.19. The summed E-state index contributed by atoms with van der Waals surface area (Å²) < 4.78 is 7.47. The molecule has 0 saturated carbocycles. The minimum absolute atomic E-state index is 0.237. The molecule has 4 nitrogen and oxygen atoms in total. The van der Waals surface area contributed by atoms with Gasteiger partial charge in [0.05, 0.1) is 25.0 Å². The van der Waals surface area contributed by atoms with Crippen molar-refractivity contribution in [3.05, 3.63) is 34.3 Å². The van der Waals surface area contributed by atoms with Crippen LogP contribution in [-0.2, 0) is 13.0 Å². The van der Waals surface area contributed by atoms with Gasteiger partial charge in [0.2, 0.25) is 0 Å². The van der Waals surface area contributed by atoms with Crippen LogP contribution in [-0.4, -0.2) is 23.4 Å². The molecule has 2 rings (SSSR count). The van der Waals surface area contributed by atoms with Crippen molar-refractivity contribution >= 4 is 11.3 Å². The second-order valence-electron chi connectivity index (χ2n) is 4.31. The van der Waals surface area contributed by atoms with E-state index in [9.17, 15) is 0 Å². The van der Waals surface area contributed by atoms with Gasteiger partial charge in [0, 0.05) is 17.8 Å². The molecule has 0 amide bonds. The van der Waals surface area contributed by atoms with Crippen LogP contribution in [0.1, 0.15) is 30.5 Å². The minimum atomic E-state index is 0.237. The molecule has 0 aromatic carbocycles. The molecular formula is C14H21N3OS. The number of hydrogen-bond donors (Lipinski definition) is 1. The average molecular weight is 279 g/mol. The lowest BCUT2D eigenvalue weighted by molar-refractivity contribution is 0.392. The SMILES string of the molecule is CCNC(Cc1cccs1)c1c(OC)cnn1CC. The molecular weight excluding hydrogens is 258 g/mol. The van der Waals surface area contributed by atoms with Crippen molar-refractivity contribution in [3.8, 4) is 5.75 Å². The maximum Gasteiger partial charge on any atom is 0.161 e. The fourth-order valence-electron chi connectivity index (χ4n) is 2.28. The van der Waals surface area contributed by atoms with Gasteiger partial charge in [0.25, 0.3) is 0 Å². The first-order valence-electron chi connectivity index (χ1n) is 6.65. The summed E-state index contributed by atoms with van der Waals surface area (Å²) in [6, 6.07) is 4.51. The Bertz CT molecular complexity index is 471. The van der Waals surface area contributed by atoms with Crippen LogP contribution in [0.2, 0.25) is 0 Å². The first-order valence-corrected chi connectivity index (χ1v) is 7.53. The highest BCUT2D eigenvalue weighted by atomic mass is 32.1. The summed E-state index contributed by atoms with van der Waals surface area (Å²) in [5.41, 5.74) is 1.14. The molecule has 0 fully saturated rings. The molecule has 0 aliphatic rings. The Morgan fingerprint density at radius 3 is 2.89 bits per heavy atom. The molecule has 104 valence electrons. The summed E-state index contributed by atoms with van der Waals surface area (Å²) in [7, 11) is 1.70. The summed E-state index contributed by atoms with van der Waals surface area (Å²) >= 11 is 1.79. The molecule has 0 saturated heterocycles. The number of likely N-dealkylation sites (N-methyl/N-ethyl adjacent to an activating group) is 1. The highest BCUT2D eigenvalue weighted by molar-refractivity contribution is 7.09. The van der Waals surface area contributed by atoms with Crippen LogP contribution in [0, 0.1) is 0 Å². The van der Waals surface area contributed by atoms with Crippen molar-refractivity contribution in [2.45, 2.75) is 32.9 Å². The summed E-state index contributed by atoms with van der Waals surface area (Å²) in [5.74, 6) is 0.865. The number of aromatic nitrogens is 2. The molecule has 1 atom stereocenters. The quantitative estimate of drug-likeness (QED) is 0.847. The van der Waals surface area contributed by atoms with Crippen LogP contribution in [0.4, 0.5) is 0 Å². The predicted octanol–water partition coefficient (Wildman–Crippen LogP) is 2.87. The summed E-state index contributed by atoms with van der Waals surface area (Å²) in [6.45, 7) is 6.00. The zero-order valence-corrected chi connectivity index (χ0v) is 12.5. The Morgan fingerprint density at radius 1 is 1.47 bits per heavy atom.